The third kappa shape index (κ3) is 11.8. The fourth-order valence-corrected chi connectivity index (χ4v) is 16.8. The van der Waals surface area contributed by atoms with Crippen molar-refractivity contribution in [3.05, 3.63) is 405 Å². The second kappa shape index (κ2) is 27.6. The Bertz CT molecular complexity index is 7300. The molecule has 2 aromatic heterocycles. The van der Waals surface area contributed by atoms with Crippen molar-refractivity contribution in [2.45, 2.75) is 0 Å². The highest BCUT2D eigenvalue weighted by Gasteiger charge is 2.22. The lowest BCUT2D eigenvalue weighted by Crippen LogP contribution is -2.11. The van der Waals surface area contributed by atoms with Crippen molar-refractivity contribution < 1.29 is 8.83 Å². The number of rotatable bonds is 9. The van der Waals surface area contributed by atoms with Gasteiger partial charge in [0.05, 0.1) is 5.69 Å². The van der Waals surface area contributed by atoms with Gasteiger partial charge in [-0.15, -0.1) is 0 Å². The van der Waals surface area contributed by atoms with Gasteiger partial charge in [0.15, 0.2) is 0 Å². The van der Waals surface area contributed by atoms with Crippen LogP contribution in [0.25, 0.3) is 175 Å². The zero-order valence-electron chi connectivity index (χ0n) is 59.2. The molecule has 1 N–H and O–H groups in total. The molecule has 22 aromatic rings. The average Bonchev–Trinajstić information content (AvgIpc) is 1.75. The van der Waals surface area contributed by atoms with Crippen LogP contribution in [0.4, 0.5) is 28.4 Å². The molecule has 0 radical (unpaired) electrons. The molecule has 109 heavy (non-hydrogen) atoms. The predicted molar refractivity (Wildman–Crippen MR) is 468 cm³/mol. The van der Waals surface area contributed by atoms with Crippen molar-refractivity contribution in [1.82, 2.24) is 0 Å². The largest absolute Gasteiger partial charge is 0.455 e. The van der Waals surface area contributed by atoms with E-state index < -0.39 is 0 Å². The molecule has 4 nitrogen and oxygen atoms in total. The van der Waals surface area contributed by atoms with E-state index >= 15 is 0 Å². The highest BCUT2D eigenvalue weighted by molar-refractivity contribution is 9.10. The van der Waals surface area contributed by atoms with Gasteiger partial charge in [0.1, 0.15) is 22.3 Å². The monoisotopic (exact) mass is 1450 g/mol. The number of hydrogen-bond donors (Lipinski definition) is 1. The Morgan fingerprint density at radius 3 is 1.10 bits per heavy atom. The van der Waals surface area contributed by atoms with Gasteiger partial charge in [0, 0.05) is 70.7 Å². The molecule has 0 atom stereocenters. The quantitative estimate of drug-likeness (QED) is 0.146. The maximum Gasteiger partial charge on any atom is 0.143 e. The van der Waals surface area contributed by atoms with Gasteiger partial charge in [-0.05, 0) is 194 Å². The summed E-state index contributed by atoms with van der Waals surface area (Å²) in [5.41, 5.74) is 18.6. The fourth-order valence-electron chi connectivity index (χ4n) is 16.5. The molecule has 0 aliphatic heterocycles. The molecular weight excluding hydrogens is 1390 g/mol. The molecule has 0 bridgehead atoms. The standard InChI is InChI=1S/C52H33NO.C34H23N.C18H11BrO/c1-3-17-40-36(13-1)32-49(45-21-6-5-19-43(40)45)35-15-11-16-39(31-35)53(50-33-37-14-2-4-18-41(37)44-20-7-8-22-46(44)50)38-29-27-34(28-30-38)42-24-12-25-48-47-23-9-10-26-51(47)54-52(42)48;1-3-14-27-24(10-1)21-33(31-18-6-5-16-29(27)31)23-12-9-13-26(20-23)35-34-22-25-11-2-4-15-28(25)30-17-7-8-19-32(30)34;19-13-10-8-12(9-11-13)14-5-3-6-16-15-4-1-2-7-17(15)20-18(14)16/h1-33H;1-22,35H;1-11H. The van der Waals surface area contributed by atoms with Gasteiger partial charge in [0.25, 0.3) is 0 Å². The van der Waals surface area contributed by atoms with Gasteiger partial charge >= 0.3 is 0 Å². The number of para-hydroxylation sites is 4. The summed E-state index contributed by atoms with van der Waals surface area (Å²) in [5, 5.41) is 28.4. The summed E-state index contributed by atoms with van der Waals surface area (Å²) in [4.78, 5) is 2.42. The maximum atomic E-state index is 6.45. The lowest BCUT2D eigenvalue weighted by atomic mass is 9.93. The Hall–Kier alpha value is -13.8. The van der Waals surface area contributed by atoms with E-state index in [9.17, 15) is 0 Å². The first-order valence-corrected chi connectivity index (χ1v) is 37.8. The van der Waals surface area contributed by atoms with Gasteiger partial charge in [-0.1, -0.05) is 331 Å². The van der Waals surface area contributed by atoms with Crippen molar-refractivity contribution in [2.75, 3.05) is 10.2 Å². The number of nitrogens with one attached hydrogen (secondary N) is 1. The Morgan fingerprint density at radius 2 is 0.587 bits per heavy atom. The van der Waals surface area contributed by atoms with Crippen LogP contribution in [0.15, 0.2) is 414 Å². The first kappa shape index (κ1) is 64.7. The minimum Gasteiger partial charge on any atom is -0.455 e. The number of nitrogens with zero attached hydrogens (tertiary/aromatic N) is 1. The van der Waals surface area contributed by atoms with Crippen LogP contribution in [0.3, 0.4) is 0 Å². The normalized spacial score (nSPS) is 11.5. The number of anilines is 5. The van der Waals surface area contributed by atoms with E-state index in [1.54, 1.807) is 0 Å². The van der Waals surface area contributed by atoms with Crippen LogP contribution in [-0.4, -0.2) is 0 Å². The minimum absolute atomic E-state index is 0.907. The van der Waals surface area contributed by atoms with Gasteiger partial charge in [-0.25, -0.2) is 0 Å². The molecule has 2 heterocycles. The van der Waals surface area contributed by atoms with Crippen LogP contribution in [0.1, 0.15) is 0 Å². The molecule has 0 aliphatic carbocycles. The Morgan fingerprint density at radius 1 is 0.220 bits per heavy atom. The predicted octanol–water partition coefficient (Wildman–Crippen LogP) is 30.7. The van der Waals surface area contributed by atoms with Crippen molar-refractivity contribution in [1.29, 1.82) is 0 Å². The van der Waals surface area contributed by atoms with Crippen molar-refractivity contribution in [3.8, 4) is 44.5 Å². The summed E-state index contributed by atoms with van der Waals surface area (Å²) in [7, 11) is 0. The first-order chi connectivity index (χ1) is 54.0. The van der Waals surface area contributed by atoms with Crippen LogP contribution in [-0.2, 0) is 0 Å². The smallest absolute Gasteiger partial charge is 0.143 e. The van der Waals surface area contributed by atoms with Gasteiger partial charge in [-0.2, -0.15) is 0 Å². The molecule has 20 aromatic carbocycles. The van der Waals surface area contributed by atoms with E-state index in [1.165, 1.54) is 119 Å². The van der Waals surface area contributed by atoms with Crippen molar-refractivity contribution in [3.63, 3.8) is 0 Å². The van der Waals surface area contributed by atoms with Gasteiger partial charge in [0.2, 0.25) is 0 Å². The Labute approximate surface area is 638 Å². The molecule has 0 saturated heterocycles. The van der Waals surface area contributed by atoms with Crippen molar-refractivity contribution in [2.24, 2.45) is 0 Å². The number of furan rings is 2. The van der Waals surface area contributed by atoms with Gasteiger partial charge < -0.3 is 19.1 Å². The van der Waals surface area contributed by atoms with Crippen LogP contribution < -0.4 is 10.2 Å². The zero-order valence-corrected chi connectivity index (χ0v) is 60.8. The molecule has 0 unspecified atom stereocenters. The van der Waals surface area contributed by atoms with Crippen LogP contribution in [0.2, 0.25) is 0 Å². The van der Waals surface area contributed by atoms with E-state index in [0.717, 1.165) is 88.3 Å². The topological polar surface area (TPSA) is 41.6 Å². The van der Waals surface area contributed by atoms with E-state index in [-0.39, 0.29) is 0 Å². The maximum absolute atomic E-state index is 6.45. The van der Waals surface area contributed by atoms with Gasteiger partial charge in [-0.3, -0.25) is 0 Å². The molecule has 0 amide bonds. The highest BCUT2D eigenvalue weighted by atomic mass is 79.9. The first-order valence-electron chi connectivity index (χ1n) is 37.0. The lowest BCUT2D eigenvalue weighted by molar-refractivity contribution is 0.669. The molecule has 0 fully saturated rings. The second-order valence-electron chi connectivity index (χ2n) is 27.9. The molecule has 22 rings (SSSR count). The number of benzene rings is 20. The minimum atomic E-state index is 0.907. The molecule has 512 valence electrons. The van der Waals surface area contributed by atoms with E-state index in [2.05, 4.69) is 396 Å². The zero-order chi connectivity index (χ0) is 72.3. The van der Waals surface area contributed by atoms with Crippen LogP contribution in [0, 0.1) is 0 Å². The molecule has 0 saturated carbocycles. The summed E-state index contributed by atoms with van der Waals surface area (Å²) in [6.45, 7) is 0. The Balaban J connectivity index is 0.000000120. The summed E-state index contributed by atoms with van der Waals surface area (Å²) in [6.07, 6.45) is 0. The summed E-state index contributed by atoms with van der Waals surface area (Å²) in [5.74, 6) is 0. The molecule has 0 aliphatic rings. The second-order valence-corrected chi connectivity index (χ2v) is 28.9. The number of hydrogen-bond acceptors (Lipinski definition) is 4. The van der Waals surface area contributed by atoms with Crippen molar-refractivity contribution >= 4 is 174 Å². The summed E-state index contributed by atoms with van der Waals surface area (Å²) >= 11 is 3.47. The highest BCUT2D eigenvalue weighted by Crippen LogP contribution is 2.47. The molecule has 5 heteroatoms. The van der Waals surface area contributed by atoms with E-state index in [1.807, 2.05) is 30.3 Å². The third-order valence-electron chi connectivity index (χ3n) is 21.6. The number of fused-ring (bicyclic) bond motifs is 18. The SMILES string of the molecule is Brc1ccc(-c2cccc3c2oc2ccccc23)cc1.c1cc(-c2cc3ccccc3c3ccccc23)cc(N(c2ccc(-c3cccc4c3oc3ccccc34)cc2)c2cc3ccccc3c3ccccc23)c1.c1cc(Nc2cc3ccccc3c3ccccc23)cc(-c2cc3ccccc3c3ccccc23)c1. The molecule has 0 spiro atoms. The van der Waals surface area contributed by atoms with Crippen LogP contribution in [0.5, 0.6) is 0 Å². The van der Waals surface area contributed by atoms with E-state index in [0.29, 0.717) is 0 Å². The summed E-state index contributed by atoms with van der Waals surface area (Å²) in [6, 6.07) is 143. The fraction of sp³-hybridized carbons (Fsp3) is 0. The van der Waals surface area contributed by atoms with Crippen LogP contribution >= 0.6 is 15.9 Å². The molecular formula is C104H67BrN2O2. The third-order valence-corrected chi connectivity index (χ3v) is 22.1. The Kier molecular flexibility index (Phi) is 16.4. The summed E-state index contributed by atoms with van der Waals surface area (Å²) < 4.78 is 13.6. The number of halogens is 1. The average molecular weight is 1460 g/mol. The lowest BCUT2D eigenvalue weighted by Gasteiger charge is -2.28. The van der Waals surface area contributed by atoms with E-state index in [4.69, 9.17) is 8.83 Å².